The van der Waals surface area contributed by atoms with Crippen LogP contribution < -0.4 is 10.1 Å². The number of carbonyl (C=O) groups is 2. The Hall–Kier alpha value is -2.41. The summed E-state index contributed by atoms with van der Waals surface area (Å²) in [5, 5.41) is 2.82. The highest BCUT2D eigenvalue weighted by Crippen LogP contribution is 2.27. The van der Waals surface area contributed by atoms with E-state index in [9.17, 15) is 14.0 Å². The molecule has 1 unspecified atom stereocenters. The van der Waals surface area contributed by atoms with Gasteiger partial charge in [0.25, 0.3) is 0 Å². The molecular formula is C21H29FN2O4. The number of benzene rings is 1. The van der Waals surface area contributed by atoms with Crippen LogP contribution in [0.4, 0.5) is 4.39 Å². The SMILES string of the molecule is C=CC(=O)N1CCC(C(=O)NCCOCCOc2cc(F)ccc2C(C)C)C1. The van der Waals surface area contributed by atoms with E-state index < -0.39 is 0 Å². The van der Waals surface area contributed by atoms with Gasteiger partial charge in [0.15, 0.2) is 0 Å². The molecule has 1 heterocycles. The second-order valence-corrected chi connectivity index (χ2v) is 7.06. The van der Waals surface area contributed by atoms with Gasteiger partial charge in [0.2, 0.25) is 11.8 Å². The molecule has 2 amide bonds. The Bertz CT molecular complexity index is 693. The summed E-state index contributed by atoms with van der Waals surface area (Å²) >= 11 is 0. The summed E-state index contributed by atoms with van der Waals surface area (Å²) in [6, 6.07) is 4.55. The minimum absolute atomic E-state index is 0.0689. The smallest absolute Gasteiger partial charge is 0.245 e. The zero-order chi connectivity index (χ0) is 20.5. The van der Waals surface area contributed by atoms with E-state index in [2.05, 4.69) is 11.9 Å². The maximum atomic E-state index is 13.4. The molecule has 2 rings (SSSR count). The average molecular weight is 392 g/mol. The van der Waals surface area contributed by atoms with E-state index in [1.54, 1.807) is 11.0 Å². The number of halogens is 1. The van der Waals surface area contributed by atoms with Crippen LogP contribution in [0.2, 0.25) is 0 Å². The molecule has 1 N–H and O–H groups in total. The van der Waals surface area contributed by atoms with Crippen molar-refractivity contribution in [3.63, 3.8) is 0 Å². The van der Waals surface area contributed by atoms with Crippen molar-refractivity contribution in [3.8, 4) is 5.75 Å². The highest BCUT2D eigenvalue weighted by atomic mass is 19.1. The first kappa shape index (κ1) is 21.9. The predicted octanol–water partition coefficient (Wildman–Crippen LogP) is 2.50. The number of nitrogens with zero attached hydrogens (tertiary/aromatic N) is 1. The highest BCUT2D eigenvalue weighted by molar-refractivity contribution is 5.88. The first-order valence-corrected chi connectivity index (χ1v) is 9.61. The van der Waals surface area contributed by atoms with Gasteiger partial charge in [-0.3, -0.25) is 9.59 Å². The minimum Gasteiger partial charge on any atom is -0.491 e. The molecule has 0 radical (unpaired) electrons. The molecule has 6 nitrogen and oxygen atoms in total. The number of rotatable bonds is 10. The van der Waals surface area contributed by atoms with Gasteiger partial charge in [-0.05, 0) is 30.0 Å². The topological polar surface area (TPSA) is 67.9 Å². The van der Waals surface area contributed by atoms with Gasteiger partial charge in [0, 0.05) is 25.7 Å². The number of nitrogens with one attached hydrogen (secondary N) is 1. The molecule has 1 fully saturated rings. The largest absolute Gasteiger partial charge is 0.491 e. The molecule has 1 atom stereocenters. The summed E-state index contributed by atoms with van der Waals surface area (Å²) in [7, 11) is 0. The summed E-state index contributed by atoms with van der Waals surface area (Å²) in [5.41, 5.74) is 0.953. The fraction of sp³-hybridized carbons (Fsp3) is 0.524. The van der Waals surface area contributed by atoms with E-state index in [1.165, 1.54) is 18.2 Å². The summed E-state index contributed by atoms with van der Waals surface area (Å²) in [5.74, 6) is 0.0443. The van der Waals surface area contributed by atoms with E-state index in [0.29, 0.717) is 51.6 Å². The van der Waals surface area contributed by atoms with Crippen molar-refractivity contribution >= 4 is 11.8 Å². The Morgan fingerprint density at radius 3 is 2.86 bits per heavy atom. The Labute approximate surface area is 165 Å². The van der Waals surface area contributed by atoms with Crippen molar-refractivity contribution in [1.82, 2.24) is 10.2 Å². The highest BCUT2D eigenvalue weighted by Gasteiger charge is 2.29. The summed E-state index contributed by atoms with van der Waals surface area (Å²) in [6.07, 6.45) is 1.93. The second-order valence-electron chi connectivity index (χ2n) is 7.06. The molecule has 0 spiro atoms. The molecule has 1 saturated heterocycles. The minimum atomic E-state index is -0.330. The van der Waals surface area contributed by atoms with Gasteiger partial charge < -0.3 is 19.7 Å². The van der Waals surface area contributed by atoms with Crippen LogP contribution in [0, 0.1) is 11.7 Å². The molecule has 0 saturated carbocycles. The lowest BCUT2D eigenvalue weighted by atomic mass is 10.0. The lowest BCUT2D eigenvalue weighted by molar-refractivity contribution is -0.126. The first-order chi connectivity index (χ1) is 13.4. The zero-order valence-corrected chi connectivity index (χ0v) is 16.6. The average Bonchev–Trinajstić information content (AvgIpc) is 3.16. The first-order valence-electron chi connectivity index (χ1n) is 9.61. The van der Waals surface area contributed by atoms with Gasteiger partial charge in [-0.2, -0.15) is 0 Å². The van der Waals surface area contributed by atoms with E-state index in [0.717, 1.165) is 5.56 Å². The fourth-order valence-electron chi connectivity index (χ4n) is 3.12. The summed E-state index contributed by atoms with van der Waals surface area (Å²) in [4.78, 5) is 25.3. The van der Waals surface area contributed by atoms with Crippen molar-refractivity contribution in [3.05, 3.63) is 42.2 Å². The third-order valence-corrected chi connectivity index (χ3v) is 4.67. The fourth-order valence-corrected chi connectivity index (χ4v) is 3.12. The van der Waals surface area contributed by atoms with Crippen LogP contribution in [0.3, 0.4) is 0 Å². The zero-order valence-electron chi connectivity index (χ0n) is 16.6. The molecule has 28 heavy (non-hydrogen) atoms. The number of likely N-dealkylation sites (tertiary alicyclic amines) is 1. The van der Waals surface area contributed by atoms with Gasteiger partial charge in [0.1, 0.15) is 18.2 Å². The molecule has 0 aliphatic carbocycles. The Morgan fingerprint density at radius 1 is 1.36 bits per heavy atom. The van der Waals surface area contributed by atoms with Crippen molar-refractivity contribution in [2.75, 3.05) is 39.5 Å². The van der Waals surface area contributed by atoms with Gasteiger partial charge in [-0.1, -0.05) is 26.5 Å². The maximum Gasteiger partial charge on any atom is 0.245 e. The van der Waals surface area contributed by atoms with Gasteiger partial charge in [-0.25, -0.2) is 4.39 Å². The maximum absolute atomic E-state index is 13.4. The molecule has 1 aromatic carbocycles. The van der Waals surface area contributed by atoms with E-state index >= 15 is 0 Å². The number of amides is 2. The Balaban J connectivity index is 1.60. The summed E-state index contributed by atoms with van der Waals surface area (Å²) in [6.45, 7) is 9.91. The van der Waals surface area contributed by atoms with Crippen LogP contribution in [0.1, 0.15) is 31.7 Å². The lowest BCUT2D eigenvalue weighted by Gasteiger charge is -2.15. The second kappa shape index (κ2) is 10.8. The number of carbonyl (C=O) groups excluding carboxylic acids is 2. The number of ether oxygens (including phenoxy) is 2. The van der Waals surface area contributed by atoms with Crippen LogP contribution in [0.15, 0.2) is 30.9 Å². The van der Waals surface area contributed by atoms with E-state index in [4.69, 9.17) is 9.47 Å². The molecule has 1 aromatic rings. The third-order valence-electron chi connectivity index (χ3n) is 4.67. The molecule has 1 aliphatic heterocycles. The van der Waals surface area contributed by atoms with E-state index in [1.807, 2.05) is 13.8 Å². The Kier molecular flexibility index (Phi) is 8.44. The van der Waals surface area contributed by atoms with Crippen LogP contribution in [0.25, 0.3) is 0 Å². The standard InChI is InChI=1S/C21H29FN2O4/c1-4-20(25)24-9-7-16(14-24)21(26)23-8-10-27-11-12-28-19-13-17(22)5-6-18(19)15(2)3/h4-6,13,15-16H,1,7-12,14H2,2-3H3,(H,23,26). The van der Waals surface area contributed by atoms with Crippen LogP contribution in [0.5, 0.6) is 5.75 Å². The molecule has 154 valence electrons. The molecule has 0 aromatic heterocycles. The van der Waals surface area contributed by atoms with Crippen molar-refractivity contribution in [1.29, 1.82) is 0 Å². The van der Waals surface area contributed by atoms with Crippen LogP contribution in [-0.2, 0) is 14.3 Å². The van der Waals surface area contributed by atoms with Crippen molar-refractivity contribution in [2.45, 2.75) is 26.2 Å². The molecule has 1 aliphatic rings. The normalized spacial score (nSPS) is 16.3. The quantitative estimate of drug-likeness (QED) is 0.491. The van der Waals surface area contributed by atoms with Gasteiger partial charge >= 0.3 is 0 Å². The monoisotopic (exact) mass is 392 g/mol. The number of hydrogen-bond acceptors (Lipinski definition) is 4. The third kappa shape index (κ3) is 6.34. The summed E-state index contributed by atoms with van der Waals surface area (Å²) < 4.78 is 24.5. The van der Waals surface area contributed by atoms with Crippen molar-refractivity contribution in [2.24, 2.45) is 5.92 Å². The molecule has 7 heteroatoms. The van der Waals surface area contributed by atoms with Crippen molar-refractivity contribution < 1.29 is 23.5 Å². The Morgan fingerprint density at radius 2 is 2.14 bits per heavy atom. The van der Waals surface area contributed by atoms with E-state index in [-0.39, 0.29) is 29.5 Å². The van der Waals surface area contributed by atoms with Gasteiger partial charge in [-0.15, -0.1) is 0 Å². The van der Waals surface area contributed by atoms with Crippen LogP contribution >= 0.6 is 0 Å². The predicted molar refractivity (Wildman–Crippen MR) is 105 cm³/mol. The van der Waals surface area contributed by atoms with Gasteiger partial charge in [0.05, 0.1) is 19.1 Å². The molecule has 0 bridgehead atoms. The molecular weight excluding hydrogens is 363 g/mol. The lowest BCUT2D eigenvalue weighted by Crippen LogP contribution is -2.35. The number of hydrogen-bond donors (Lipinski definition) is 1. The van der Waals surface area contributed by atoms with Crippen LogP contribution in [-0.4, -0.2) is 56.2 Å².